The van der Waals surface area contributed by atoms with E-state index in [4.69, 9.17) is 5.26 Å². The molecule has 0 spiro atoms. The second kappa shape index (κ2) is 5.85. The molecule has 5 heteroatoms. The smallest absolute Gasteiger partial charge is 0.269 e. The van der Waals surface area contributed by atoms with Crippen LogP contribution in [0.25, 0.3) is 0 Å². The first-order valence-electron chi connectivity index (χ1n) is 6.25. The van der Waals surface area contributed by atoms with Crippen LogP contribution >= 0.6 is 11.3 Å². The number of Topliss-reactive ketones (excluding diaryl/α,β-unsaturated/α-hetero) is 1. The Hall–Kier alpha value is -2.19. The van der Waals surface area contributed by atoms with E-state index in [-0.39, 0.29) is 23.8 Å². The topological polar surface area (TPSA) is 62.9 Å². The van der Waals surface area contributed by atoms with Gasteiger partial charge in [-0.3, -0.25) is 9.59 Å². The number of hydrogen-bond donors (Lipinski definition) is 0. The fourth-order valence-electron chi connectivity index (χ4n) is 2.00. The molecule has 4 nitrogen and oxygen atoms in total. The maximum atomic E-state index is 12.2. The van der Waals surface area contributed by atoms with Crippen molar-refractivity contribution in [3.8, 4) is 6.07 Å². The molecule has 2 heterocycles. The Morgan fingerprint density at radius 3 is 2.70 bits per heavy atom. The highest BCUT2D eigenvalue weighted by atomic mass is 32.1. The molecule has 2 aromatic heterocycles. The molecule has 0 radical (unpaired) electrons. The van der Waals surface area contributed by atoms with Crippen LogP contribution in [0.4, 0.5) is 0 Å². The summed E-state index contributed by atoms with van der Waals surface area (Å²) in [6.45, 7) is 3.88. The van der Waals surface area contributed by atoms with Crippen LogP contribution < -0.4 is 5.56 Å². The van der Waals surface area contributed by atoms with Crippen LogP contribution in [-0.4, -0.2) is 10.4 Å². The number of nitrogens with zero attached hydrogens (tertiary/aromatic N) is 2. The highest BCUT2D eigenvalue weighted by molar-refractivity contribution is 7.12. The summed E-state index contributed by atoms with van der Waals surface area (Å²) in [6, 6.07) is 8.67. The fraction of sp³-hybridized carbons (Fsp3) is 0.267. The van der Waals surface area contributed by atoms with E-state index in [2.05, 4.69) is 0 Å². The van der Waals surface area contributed by atoms with Gasteiger partial charge in [0.15, 0.2) is 5.78 Å². The normalized spacial score (nSPS) is 10.5. The van der Waals surface area contributed by atoms with Gasteiger partial charge in [-0.15, -0.1) is 11.3 Å². The average Bonchev–Trinajstić information content (AvgIpc) is 2.94. The number of carbonyl (C=O) groups excluding carboxylic acids is 1. The second-order valence-corrected chi connectivity index (χ2v) is 5.68. The molecule has 0 aliphatic rings. The Kier molecular flexibility index (Phi) is 4.16. The van der Waals surface area contributed by atoms with Crippen LogP contribution in [0.1, 0.15) is 40.7 Å². The van der Waals surface area contributed by atoms with Gasteiger partial charge in [0, 0.05) is 5.69 Å². The molecule has 0 saturated carbocycles. The third-order valence-corrected chi connectivity index (χ3v) is 3.93. The van der Waals surface area contributed by atoms with Crippen LogP contribution in [0, 0.1) is 11.3 Å². The van der Waals surface area contributed by atoms with Gasteiger partial charge < -0.3 is 4.57 Å². The summed E-state index contributed by atoms with van der Waals surface area (Å²) in [5.41, 5.74) is 0.427. The Bertz CT molecular complexity index is 721. The van der Waals surface area contributed by atoms with Crippen molar-refractivity contribution in [1.29, 1.82) is 5.26 Å². The zero-order valence-electron chi connectivity index (χ0n) is 11.3. The number of rotatable bonds is 4. The van der Waals surface area contributed by atoms with E-state index in [9.17, 15) is 9.59 Å². The zero-order valence-corrected chi connectivity index (χ0v) is 12.1. The highest BCUT2D eigenvalue weighted by Gasteiger charge is 2.15. The lowest BCUT2D eigenvalue weighted by atomic mass is 10.1. The summed E-state index contributed by atoms with van der Waals surface area (Å²) in [7, 11) is 0. The molecular weight excluding hydrogens is 272 g/mol. The summed E-state index contributed by atoms with van der Waals surface area (Å²) >= 11 is 1.35. The molecule has 0 N–H and O–H groups in total. The first-order chi connectivity index (χ1) is 9.54. The van der Waals surface area contributed by atoms with Gasteiger partial charge in [-0.2, -0.15) is 5.26 Å². The molecule has 0 aliphatic carbocycles. The van der Waals surface area contributed by atoms with Gasteiger partial charge in [0.1, 0.15) is 11.6 Å². The van der Waals surface area contributed by atoms with Crippen LogP contribution in [-0.2, 0) is 6.54 Å². The van der Waals surface area contributed by atoms with Crippen molar-refractivity contribution in [2.45, 2.75) is 26.3 Å². The number of nitriles is 1. The van der Waals surface area contributed by atoms with Crippen molar-refractivity contribution in [3.63, 3.8) is 0 Å². The Morgan fingerprint density at radius 2 is 2.15 bits per heavy atom. The summed E-state index contributed by atoms with van der Waals surface area (Å²) < 4.78 is 1.41. The van der Waals surface area contributed by atoms with Crippen molar-refractivity contribution < 1.29 is 4.79 Å². The number of carbonyl (C=O) groups is 1. The number of ketones is 1. The van der Waals surface area contributed by atoms with Crippen LogP contribution in [0.15, 0.2) is 34.4 Å². The van der Waals surface area contributed by atoms with Crippen molar-refractivity contribution in [3.05, 3.63) is 56.1 Å². The van der Waals surface area contributed by atoms with Crippen molar-refractivity contribution >= 4 is 17.1 Å². The Balaban J connectivity index is 2.47. The van der Waals surface area contributed by atoms with E-state index in [0.29, 0.717) is 4.88 Å². The van der Waals surface area contributed by atoms with E-state index in [1.807, 2.05) is 25.3 Å². The monoisotopic (exact) mass is 286 g/mol. The van der Waals surface area contributed by atoms with Crippen LogP contribution in [0.5, 0.6) is 0 Å². The van der Waals surface area contributed by atoms with Gasteiger partial charge in [0.25, 0.3) is 5.56 Å². The molecule has 0 atom stereocenters. The SMILES string of the molecule is CC(C)c1ccc(C#N)c(=O)n1CC(=O)c1cccs1. The molecule has 2 aromatic rings. The first-order valence-corrected chi connectivity index (χ1v) is 7.13. The summed E-state index contributed by atoms with van der Waals surface area (Å²) in [5.74, 6) is -0.00864. The molecule has 0 bridgehead atoms. The van der Waals surface area contributed by atoms with E-state index < -0.39 is 5.56 Å². The van der Waals surface area contributed by atoms with Crippen molar-refractivity contribution in [2.75, 3.05) is 0 Å². The lowest BCUT2D eigenvalue weighted by molar-refractivity contribution is 0.0973. The number of hydrogen-bond acceptors (Lipinski definition) is 4. The molecule has 20 heavy (non-hydrogen) atoms. The zero-order chi connectivity index (χ0) is 14.7. The van der Waals surface area contributed by atoms with E-state index in [1.165, 1.54) is 22.0 Å². The van der Waals surface area contributed by atoms with E-state index in [0.717, 1.165) is 5.69 Å². The molecule has 0 saturated heterocycles. The van der Waals surface area contributed by atoms with Gasteiger partial charge in [-0.05, 0) is 29.5 Å². The van der Waals surface area contributed by atoms with Gasteiger partial charge in [0.2, 0.25) is 0 Å². The molecule has 0 aromatic carbocycles. The third kappa shape index (κ3) is 2.70. The molecule has 0 amide bonds. The van der Waals surface area contributed by atoms with Gasteiger partial charge in [-0.1, -0.05) is 19.9 Å². The fourth-order valence-corrected chi connectivity index (χ4v) is 2.66. The molecule has 2 rings (SSSR count). The Labute approximate surface area is 120 Å². The van der Waals surface area contributed by atoms with E-state index in [1.54, 1.807) is 18.2 Å². The number of thiophene rings is 1. The predicted octanol–water partition coefficient (Wildman–Crippen LogP) is 2.79. The lowest BCUT2D eigenvalue weighted by Crippen LogP contribution is -2.29. The number of pyridine rings is 1. The quantitative estimate of drug-likeness (QED) is 0.812. The standard InChI is InChI=1S/C15H14N2O2S/c1-10(2)12-6-5-11(8-16)15(19)17(12)9-13(18)14-4-3-7-20-14/h3-7,10H,9H2,1-2H3. The number of aromatic nitrogens is 1. The van der Waals surface area contributed by atoms with Crippen molar-refractivity contribution in [2.24, 2.45) is 0 Å². The van der Waals surface area contributed by atoms with Gasteiger partial charge in [-0.25, -0.2) is 0 Å². The van der Waals surface area contributed by atoms with Crippen LogP contribution in [0.3, 0.4) is 0 Å². The summed E-state index contributed by atoms with van der Waals surface area (Å²) in [6.07, 6.45) is 0. The largest absolute Gasteiger partial charge is 0.303 e. The minimum absolute atomic E-state index is 0.0254. The van der Waals surface area contributed by atoms with Gasteiger partial charge in [0.05, 0.1) is 11.4 Å². The first kappa shape index (κ1) is 14.2. The highest BCUT2D eigenvalue weighted by Crippen LogP contribution is 2.15. The van der Waals surface area contributed by atoms with Crippen LogP contribution in [0.2, 0.25) is 0 Å². The minimum atomic E-state index is -0.399. The summed E-state index contributed by atoms with van der Waals surface area (Å²) in [5, 5.41) is 10.8. The molecular formula is C15H14N2O2S. The second-order valence-electron chi connectivity index (χ2n) is 4.73. The molecule has 0 aliphatic heterocycles. The maximum Gasteiger partial charge on any atom is 0.269 e. The third-order valence-electron chi connectivity index (χ3n) is 3.02. The predicted molar refractivity (Wildman–Crippen MR) is 78.2 cm³/mol. The molecule has 0 fully saturated rings. The van der Waals surface area contributed by atoms with Gasteiger partial charge >= 0.3 is 0 Å². The minimum Gasteiger partial charge on any atom is -0.303 e. The average molecular weight is 286 g/mol. The van der Waals surface area contributed by atoms with E-state index >= 15 is 0 Å². The maximum absolute atomic E-state index is 12.2. The van der Waals surface area contributed by atoms with Crippen molar-refractivity contribution in [1.82, 2.24) is 4.57 Å². The molecule has 102 valence electrons. The Morgan fingerprint density at radius 1 is 1.40 bits per heavy atom. The lowest BCUT2D eigenvalue weighted by Gasteiger charge is -2.14. The summed E-state index contributed by atoms with van der Waals surface area (Å²) in [4.78, 5) is 25.0. The molecule has 0 unspecified atom stereocenters.